The predicted octanol–water partition coefficient (Wildman–Crippen LogP) is 5.72. The smallest absolute Gasteiger partial charge is 0.243 e. The van der Waals surface area contributed by atoms with Crippen LogP contribution in [0, 0.1) is 5.82 Å². The zero-order chi connectivity index (χ0) is 30.1. The van der Waals surface area contributed by atoms with Crippen molar-refractivity contribution < 1.29 is 22.4 Å². The topological polar surface area (TPSA) is 86.8 Å². The van der Waals surface area contributed by atoms with Crippen molar-refractivity contribution in [2.45, 2.75) is 63.6 Å². The molecule has 224 valence electrons. The first-order valence-electron chi connectivity index (χ1n) is 14.2. The number of carbonyl (C=O) groups is 2. The molecule has 7 nitrogen and oxygen atoms in total. The molecule has 1 saturated carbocycles. The first-order chi connectivity index (χ1) is 20.1. The van der Waals surface area contributed by atoms with Crippen molar-refractivity contribution in [1.29, 1.82) is 0 Å². The average molecular weight is 614 g/mol. The fraction of sp³-hybridized carbons (Fsp3) is 0.375. The third-order valence-electron chi connectivity index (χ3n) is 7.51. The largest absolute Gasteiger partial charge is 0.352 e. The molecule has 1 aliphatic rings. The van der Waals surface area contributed by atoms with Crippen LogP contribution in [0.2, 0.25) is 5.02 Å². The number of carbonyl (C=O) groups excluding carboxylic acids is 2. The fourth-order valence-corrected chi connectivity index (χ4v) is 6.41. The standard InChI is InChI=1S/C32H37ClFN3O4S/c1-42(40,41)37(29-19-17-27(34)18-20-29)21-7-12-31(38)36(23-25-13-15-26(33)16-14-25)30(22-24-8-3-2-4-9-24)32(39)35-28-10-5-6-11-28/h2-4,8-9,13-20,28,30H,5-7,10-12,21-23H2,1H3,(H,35,39). The zero-order valence-corrected chi connectivity index (χ0v) is 25.3. The van der Waals surface area contributed by atoms with E-state index in [1.165, 1.54) is 24.3 Å². The van der Waals surface area contributed by atoms with Gasteiger partial charge in [0.25, 0.3) is 0 Å². The van der Waals surface area contributed by atoms with Crippen molar-refractivity contribution in [2.24, 2.45) is 0 Å². The van der Waals surface area contributed by atoms with Gasteiger partial charge in [-0.25, -0.2) is 12.8 Å². The van der Waals surface area contributed by atoms with E-state index < -0.39 is 21.9 Å². The lowest BCUT2D eigenvalue weighted by molar-refractivity contribution is -0.141. The van der Waals surface area contributed by atoms with Crippen LogP contribution in [0.5, 0.6) is 0 Å². The Morgan fingerprint density at radius 3 is 2.21 bits per heavy atom. The van der Waals surface area contributed by atoms with Gasteiger partial charge in [-0.1, -0.05) is 66.9 Å². The van der Waals surface area contributed by atoms with Crippen molar-refractivity contribution in [3.63, 3.8) is 0 Å². The van der Waals surface area contributed by atoms with Gasteiger partial charge in [-0.2, -0.15) is 0 Å². The molecule has 0 bridgehead atoms. The van der Waals surface area contributed by atoms with Crippen LogP contribution < -0.4 is 9.62 Å². The summed E-state index contributed by atoms with van der Waals surface area (Å²) in [5.41, 5.74) is 2.07. The van der Waals surface area contributed by atoms with Gasteiger partial charge in [0, 0.05) is 37.0 Å². The maximum absolute atomic E-state index is 13.9. The zero-order valence-electron chi connectivity index (χ0n) is 23.7. The number of benzene rings is 3. The molecule has 0 aliphatic heterocycles. The van der Waals surface area contributed by atoms with Gasteiger partial charge in [0.2, 0.25) is 21.8 Å². The van der Waals surface area contributed by atoms with Crippen LogP contribution in [0.1, 0.15) is 49.7 Å². The van der Waals surface area contributed by atoms with E-state index in [0.29, 0.717) is 17.1 Å². The Labute approximate surface area is 252 Å². The molecule has 1 unspecified atom stereocenters. The van der Waals surface area contributed by atoms with Gasteiger partial charge in [0.1, 0.15) is 11.9 Å². The van der Waals surface area contributed by atoms with E-state index in [4.69, 9.17) is 11.6 Å². The molecule has 0 radical (unpaired) electrons. The number of halogens is 2. The summed E-state index contributed by atoms with van der Waals surface area (Å²) in [6, 6.07) is 21.3. The Morgan fingerprint density at radius 2 is 1.60 bits per heavy atom. The molecule has 4 rings (SSSR count). The number of amides is 2. The Bertz CT molecular complexity index is 1430. The van der Waals surface area contributed by atoms with Crippen LogP contribution in [0.15, 0.2) is 78.9 Å². The highest BCUT2D eigenvalue weighted by molar-refractivity contribution is 7.92. The van der Waals surface area contributed by atoms with E-state index in [1.807, 2.05) is 42.5 Å². The van der Waals surface area contributed by atoms with Gasteiger partial charge in [0.05, 0.1) is 11.9 Å². The third-order valence-corrected chi connectivity index (χ3v) is 8.95. The molecule has 1 atom stereocenters. The molecule has 0 heterocycles. The lowest BCUT2D eigenvalue weighted by Crippen LogP contribution is -2.52. The Hall–Kier alpha value is -3.43. The van der Waals surface area contributed by atoms with E-state index in [1.54, 1.807) is 17.0 Å². The van der Waals surface area contributed by atoms with Crippen LogP contribution in [0.25, 0.3) is 0 Å². The maximum atomic E-state index is 13.9. The molecule has 0 saturated heterocycles. The summed E-state index contributed by atoms with van der Waals surface area (Å²) >= 11 is 6.10. The molecular weight excluding hydrogens is 577 g/mol. The molecule has 10 heteroatoms. The molecule has 0 spiro atoms. The summed E-state index contributed by atoms with van der Waals surface area (Å²) < 4.78 is 39.7. The van der Waals surface area contributed by atoms with Gasteiger partial charge >= 0.3 is 0 Å². The first-order valence-corrected chi connectivity index (χ1v) is 16.4. The van der Waals surface area contributed by atoms with Crippen molar-refractivity contribution in [3.05, 3.63) is 101 Å². The second-order valence-electron chi connectivity index (χ2n) is 10.8. The van der Waals surface area contributed by atoms with Crippen LogP contribution in [-0.2, 0) is 32.6 Å². The van der Waals surface area contributed by atoms with E-state index in [9.17, 15) is 22.4 Å². The number of nitrogens with one attached hydrogen (secondary N) is 1. The Kier molecular flexibility index (Phi) is 11.0. The monoisotopic (exact) mass is 613 g/mol. The Morgan fingerprint density at radius 1 is 0.952 bits per heavy atom. The second kappa shape index (κ2) is 14.6. The summed E-state index contributed by atoms with van der Waals surface area (Å²) in [6.07, 6.45) is 5.60. The molecule has 3 aromatic carbocycles. The highest BCUT2D eigenvalue weighted by Gasteiger charge is 2.32. The lowest BCUT2D eigenvalue weighted by Gasteiger charge is -2.33. The van der Waals surface area contributed by atoms with Crippen LogP contribution >= 0.6 is 11.6 Å². The molecule has 1 N–H and O–H groups in total. The summed E-state index contributed by atoms with van der Waals surface area (Å²) in [6.45, 7) is 0.224. The van der Waals surface area contributed by atoms with Gasteiger partial charge in [-0.15, -0.1) is 0 Å². The number of hydrogen-bond donors (Lipinski definition) is 1. The van der Waals surface area contributed by atoms with Crippen LogP contribution in [0.3, 0.4) is 0 Å². The van der Waals surface area contributed by atoms with E-state index >= 15 is 0 Å². The van der Waals surface area contributed by atoms with Crippen molar-refractivity contribution >= 4 is 39.1 Å². The highest BCUT2D eigenvalue weighted by atomic mass is 35.5. The van der Waals surface area contributed by atoms with Gasteiger partial charge in [-0.3, -0.25) is 13.9 Å². The summed E-state index contributed by atoms with van der Waals surface area (Å²) in [4.78, 5) is 29.3. The van der Waals surface area contributed by atoms with E-state index in [0.717, 1.165) is 47.4 Å². The minimum atomic E-state index is -3.68. The fourth-order valence-electron chi connectivity index (χ4n) is 5.32. The summed E-state index contributed by atoms with van der Waals surface area (Å²) in [5, 5.41) is 3.75. The number of nitrogens with zero attached hydrogens (tertiary/aromatic N) is 2. The average Bonchev–Trinajstić information content (AvgIpc) is 3.47. The minimum absolute atomic E-state index is 0.0167. The number of rotatable bonds is 13. The second-order valence-corrected chi connectivity index (χ2v) is 13.1. The van der Waals surface area contributed by atoms with Gasteiger partial charge in [0.15, 0.2) is 0 Å². The van der Waals surface area contributed by atoms with E-state index in [2.05, 4.69) is 5.32 Å². The van der Waals surface area contributed by atoms with Gasteiger partial charge in [-0.05, 0) is 66.8 Å². The lowest BCUT2D eigenvalue weighted by atomic mass is 10.0. The highest BCUT2D eigenvalue weighted by Crippen LogP contribution is 2.22. The van der Waals surface area contributed by atoms with Crippen molar-refractivity contribution in [3.8, 4) is 0 Å². The molecule has 1 aliphatic carbocycles. The van der Waals surface area contributed by atoms with Crippen molar-refractivity contribution in [1.82, 2.24) is 10.2 Å². The molecular formula is C32H37ClFN3O4S. The number of sulfonamides is 1. The van der Waals surface area contributed by atoms with Crippen molar-refractivity contribution in [2.75, 3.05) is 17.1 Å². The summed E-state index contributed by atoms with van der Waals surface area (Å²) in [5.74, 6) is -0.933. The van der Waals surface area contributed by atoms with Crippen LogP contribution in [0.4, 0.5) is 10.1 Å². The molecule has 1 fully saturated rings. The maximum Gasteiger partial charge on any atom is 0.243 e. The quantitative estimate of drug-likeness (QED) is 0.267. The number of anilines is 1. The summed E-state index contributed by atoms with van der Waals surface area (Å²) in [7, 11) is -3.68. The SMILES string of the molecule is CS(=O)(=O)N(CCCC(=O)N(Cc1ccc(Cl)cc1)C(Cc1ccccc1)C(=O)NC1CCCC1)c1ccc(F)cc1. The normalized spacial score (nSPS) is 14.4. The number of hydrogen-bond acceptors (Lipinski definition) is 4. The molecule has 3 aromatic rings. The first kappa shape index (κ1) is 31.5. The van der Waals surface area contributed by atoms with Gasteiger partial charge < -0.3 is 10.2 Å². The van der Waals surface area contributed by atoms with Crippen LogP contribution in [-0.4, -0.2) is 50.0 Å². The molecule has 42 heavy (non-hydrogen) atoms. The third kappa shape index (κ3) is 9.03. The van der Waals surface area contributed by atoms with E-state index in [-0.39, 0.29) is 43.8 Å². The Balaban J connectivity index is 1.57. The minimum Gasteiger partial charge on any atom is -0.352 e. The molecule has 2 amide bonds. The molecule has 0 aromatic heterocycles. The predicted molar refractivity (Wildman–Crippen MR) is 164 cm³/mol.